The van der Waals surface area contributed by atoms with Crippen LogP contribution in [0.4, 0.5) is 4.39 Å². The van der Waals surface area contributed by atoms with Gasteiger partial charge in [0.15, 0.2) is 0 Å². The average Bonchev–Trinajstić information content (AvgIpc) is 2.80. The summed E-state index contributed by atoms with van der Waals surface area (Å²) in [4.78, 5) is 31.1. The monoisotopic (exact) mass is 420 g/mol. The molecule has 1 aliphatic rings. The summed E-state index contributed by atoms with van der Waals surface area (Å²) in [6, 6.07) is 13.8. The molecule has 1 saturated heterocycles. The molecule has 2 heterocycles. The van der Waals surface area contributed by atoms with Gasteiger partial charge in [0, 0.05) is 31.1 Å². The van der Waals surface area contributed by atoms with Gasteiger partial charge in [-0.3, -0.25) is 14.6 Å². The fourth-order valence-corrected chi connectivity index (χ4v) is 4.20. The predicted molar refractivity (Wildman–Crippen MR) is 117 cm³/mol. The number of Topliss-reactive ketones (excluding diaryl/α,β-unsaturated/α-hetero) is 1. The summed E-state index contributed by atoms with van der Waals surface area (Å²) in [5.74, 6) is -0.167. The lowest BCUT2D eigenvalue weighted by Gasteiger charge is -2.32. The van der Waals surface area contributed by atoms with Crippen molar-refractivity contribution in [1.29, 1.82) is 0 Å². The van der Waals surface area contributed by atoms with Crippen LogP contribution in [0.25, 0.3) is 10.9 Å². The maximum atomic E-state index is 13.8. The third-order valence-corrected chi connectivity index (χ3v) is 5.80. The van der Waals surface area contributed by atoms with E-state index in [1.807, 2.05) is 37.3 Å². The van der Waals surface area contributed by atoms with E-state index < -0.39 is 11.7 Å². The van der Waals surface area contributed by atoms with Crippen LogP contribution in [-0.4, -0.2) is 41.3 Å². The Morgan fingerprint density at radius 1 is 1.10 bits per heavy atom. The number of hydrogen-bond acceptors (Lipinski definition) is 4. The van der Waals surface area contributed by atoms with E-state index in [0.717, 1.165) is 40.6 Å². The van der Waals surface area contributed by atoms with Crippen molar-refractivity contribution in [2.75, 3.05) is 19.7 Å². The quantitative estimate of drug-likeness (QED) is 0.558. The predicted octanol–water partition coefficient (Wildman–Crippen LogP) is 4.29. The Bertz CT molecular complexity index is 1090. The van der Waals surface area contributed by atoms with Gasteiger partial charge in [-0.05, 0) is 73.2 Å². The van der Waals surface area contributed by atoms with Crippen LogP contribution in [0.5, 0.6) is 5.75 Å². The number of piperidine rings is 1. The number of benzene rings is 2. The molecular formula is C25H25FN2O3. The van der Waals surface area contributed by atoms with E-state index >= 15 is 0 Å². The number of rotatable bonds is 6. The lowest BCUT2D eigenvalue weighted by molar-refractivity contribution is -0.145. The zero-order chi connectivity index (χ0) is 21.8. The van der Waals surface area contributed by atoms with Crippen LogP contribution in [0.15, 0.2) is 54.7 Å². The molecule has 6 heteroatoms. The van der Waals surface area contributed by atoms with Crippen molar-refractivity contribution >= 4 is 22.6 Å². The highest BCUT2D eigenvalue weighted by molar-refractivity contribution is 6.36. The van der Waals surface area contributed by atoms with E-state index in [0.29, 0.717) is 19.7 Å². The first-order valence-corrected chi connectivity index (χ1v) is 10.6. The number of carbonyl (C=O) groups is 2. The van der Waals surface area contributed by atoms with Crippen LogP contribution in [0.3, 0.4) is 0 Å². The molecule has 31 heavy (non-hydrogen) atoms. The molecule has 0 bridgehead atoms. The Hall–Kier alpha value is -3.28. The minimum Gasteiger partial charge on any atom is -0.494 e. The normalized spacial score (nSPS) is 14.6. The summed E-state index contributed by atoms with van der Waals surface area (Å²) in [5, 5.41) is 0.818. The van der Waals surface area contributed by atoms with Crippen LogP contribution in [0, 0.1) is 5.82 Å². The van der Waals surface area contributed by atoms with E-state index in [1.165, 1.54) is 12.1 Å². The minimum atomic E-state index is -0.432. The largest absolute Gasteiger partial charge is 0.494 e. The van der Waals surface area contributed by atoms with E-state index in [1.54, 1.807) is 17.2 Å². The van der Waals surface area contributed by atoms with E-state index in [2.05, 4.69) is 4.98 Å². The number of ketones is 1. The van der Waals surface area contributed by atoms with Crippen molar-refractivity contribution in [3.05, 3.63) is 71.7 Å². The fourth-order valence-electron chi connectivity index (χ4n) is 4.20. The first-order valence-electron chi connectivity index (χ1n) is 10.6. The maximum absolute atomic E-state index is 13.8. The number of aromatic nitrogens is 1. The minimum absolute atomic E-state index is 0.0828. The van der Waals surface area contributed by atoms with Gasteiger partial charge in [-0.2, -0.15) is 0 Å². The number of hydrogen-bond donors (Lipinski definition) is 0. The molecule has 1 aliphatic heterocycles. The summed E-state index contributed by atoms with van der Waals surface area (Å²) < 4.78 is 19.2. The highest BCUT2D eigenvalue weighted by Crippen LogP contribution is 2.32. The number of nitrogens with zero attached hydrogens (tertiary/aromatic N) is 2. The molecule has 0 spiro atoms. The van der Waals surface area contributed by atoms with Gasteiger partial charge in [-0.25, -0.2) is 4.39 Å². The molecular weight excluding hydrogens is 395 g/mol. The molecule has 0 N–H and O–H groups in total. The molecule has 3 aromatic rings. The fraction of sp³-hybridized carbons (Fsp3) is 0.320. The lowest BCUT2D eigenvalue weighted by Crippen LogP contribution is -2.42. The highest BCUT2D eigenvalue weighted by Gasteiger charge is 2.28. The van der Waals surface area contributed by atoms with E-state index in [4.69, 9.17) is 4.74 Å². The number of likely N-dealkylation sites (tertiary alicyclic amines) is 1. The smallest absolute Gasteiger partial charge is 0.290 e. The molecule has 1 aromatic heterocycles. The molecule has 4 rings (SSSR count). The van der Waals surface area contributed by atoms with Gasteiger partial charge in [0.25, 0.3) is 5.91 Å². The Labute approximate surface area is 180 Å². The van der Waals surface area contributed by atoms with Gasteiger partial charge < -0.3 is 9.64 Å². The van der Waals surface area contributed by atoms with Crippen molar-refractivity contribution in [3.63, 3.8) is 0 Å². The van der Waals surface area contributed by atoms with Gasteiger partial charge in [-0.15, -0.1) is 0 Å². The number of amides is 1. The second kappa shape index (κ2) is 9.25. The standard InChI is InChI=1S/C25H25FN2O3/c1-2-31-20-6-3-17(4-7-20)15-24(29)25(30)28-13-10-18(11-14-28)21-9-12-27-23-8-5-19(26)16-22(21)23/h3-9,12,16,18H,2,10-11,13-15H2,1H3. The zero-order valence-corrected chi connectivity index (χ0v) is 17.5. The summed E-state index contributed by atoms with van der Waals surface area (Å²) in [7, 11) is 0. The molecule has 0 radical (unpaired) electrons. The first-order chi connectivity index (χ1) is 15.0. The van der Waals surface area contributed by atoms with Crippen LogP contribution in [-0.2, 0) is 16.0 Å². The Balaban J connectivity index is 1.38. The van der Waals surface area contributed by atoms with Crippen molar-refractivity contribution in [2.45, 2.75) is 32.1 Å². The maximum Gasteiger partial charge on any atom is 0.290 e. The number of pyridine rings is 1. The van der Waals surface area contributed by atoms with Crippen LogP contribution >= 0.6 is 0 Å². The van der Waals surface area contributed by atoms with Crippen molar-refractivity contribution < 1.29 is 18.7 Å². The average molecular weight is 420 g/mol. The van der Waals surface area contributed by atoms with E-state index in [9.17, 15) is 14.0 Å². The first kappa shape index (κ1) is 21.0. The Morgan fingerprint density at radius 2 is 1.84 bits per heavy atom. The van der Waals surface area contributed by atoms with Crippen molar-refractivity contribution in [1.82, 2.24) is 9.88 Å². The number of halogens is 1. The molecule has 1 amide bonds. The number of fused-ring (bicyclic) bond motifs is 1. The Kier molecular flexibility index (Phi) is 6.26. The highest BCUT2D eigenvalue weighted by atomic mass is 19.1. The molecule has 2 aromatic carbocycles. The molecule has 0 atom stereocenters. The van der Waals surface area contributed by atoms with Crippen LogP contribution < -0.4 is 4.74 Å². The van der Waals surface area contributed by atoms with Gasteiger partial charge in [0.1, 0.15) is 11.6 Å². The van der Waals surface area contributed by atoms with Crippen molar-refractivity contribution in [2.24, 2.45) is 0 Å². The SMILES string of the molecule is CCOc1ccc(CC(=O)C(=O)N2CCC(c3ccnc4ccc(F)cc34)CC2)cc1. The molecule has 0 saturated carbocycles. The summed E-state index contributed by atoms with van der Waals surface area (Å²) >= 11 is 0. The summed E-state index contributed by atoms with van der Waals surface area (Å²) in [6.45, 7) is 3.51. The second-order valence-electron chi connectivity index (χ2n) is 7.81. The molecule has 160 valence electrons. The molecule has 5 nitrogen and oxygen atoms in total. The second-order valence-corrected chi connectivity index (χ2v) is 7.81. The molecule has 1 fully saturated rings. The lowest BCUT2D eigenvalue weighted by atomic mass is 9.87. The van der Waals surface area contributed by atoms with Gasteiger partial charge >= 0.3 is 0 Å². The third-order valence-electron chi connectivity index (χ3n) is 5.80. The summed E-state index contributed by atoms with van der Waals surface area (Å²) in [6.07, 6.45) is 3.29. The van der Waals surface area contributed by atoms with Crippen LogP contribution in [0.1, 0.15) is 36.8 Å². The number of carbonyl (C=O) groups excluding carboxylic acids is 2. The van der Waals surface area contributed by atoms with Gasteiger partial charge in [0.05, 0.1) is 12.1 Å². The molecule has 0 unspecified atom stereocenters. The topological polar surface area (TPSA) is 59.5 Å². The van der Waals surface area contributed by atoms with Crippen LogP contribution in [0.2, 0.25) is 0 Å². The number of ether oxygens (including phenoxy) is 1. The summed E-state index contributed by atoms with van der Waals surface area (Å²) in [5.41, 5.74) is 2.61. The zero-order valence-electron chi connectivity index (χ0n) is 17.5. The third kappa shape index (κ3) is 4.74. The molecule has 0 aliphatic carbocycles. The van der Waals surface area contributed by atoms with Gasteiger partial charge in [0.2, 0.25) is 5.78 Å². The van der Waals surface area contributed by atoms with Gasteiger partial charge in [-0.1, -0.05) is 12.1 Å². The Morgan fingerprint density at radius 3 is 2.55 bits per heavy atom. The van der Waals surface area contributed by atoms with E-state index in [-0.39, 0.29) is 18.2 Å². The van der Waals surface area contributed by atoms with Crippen molar-refractivity contribution in [3.8, 4) is 5.75 Å².